The summed E-state index contributed by atoms with van der Waals surface area (Å²) in [5, 5.41) is 0. The number of esters is 2. The van der Waals surface area contributed by atoms with Gasteiger partial charge in [-0.1, -0.05) is 0 Å². The maximum Gasteiger partial charge on any atom is 0.367 e. The van der Waals surface area contributed by atoms with Gasteiger partial charge in [-0.2, -0.15) is 4.39 Å². The standard InChI is InChI=1S/C53H69FN2O14.2ClH/c1-55(19-15-34-26-41(59-3)43(61-5)30-37(34)40(55)23-33-24-45(63-7)51(67-11)46(25-33)64-8)17-13-22-70-53(58)39(54)32-49(57)69-21-14-18-56(2)20-16-35-27-42(60-4)44(62-6)31-38(35)50(56)36-28-47(65-9)52(68-12)48(29-36)66-10;;/h24-32,40,50H,13-23H2,1-12H3;2*1H/q+2;;/p-2/b39-32-;;/t40-,50-,55-,56-;;/m0../s1. The molecule has 396 valence electrons. The summed E-state index contributed by atoms with van der Waals surface area (Å²) in [5.41, 5.74) is 6.27. The number of ether oxygens (including phenoxy) is 12. The first-order valence-corrected chi connectivity index (χ1v) is 23.2. The van der Waals surface area contributed by atoms with Gasteiger partial charge in [-0.3, -0.25) is 0 Å². The zero-order valence-electron chi connectivity index (χ0n) is 43.4. The minimum atomic E-state index is -1.34. The fourth-order valence-corrected chi connectivity index (χ4v) is 10.2. The van der Waals surface area contributed by atoms with E-state index in [0.29, 0.717) is 105 Å². The minimum absolute atomic E-state index is 0. The minimum Gasteiger partial charge on any atom is -1.00 e. The zero-order chi connectivity index (χ0) is 50.8. The van der Waals surface area contributed by atoms with Crippen LogP contribution in [0.3, 0.4) is 0 Å². The Bertz CT molecular complexity index is 2490. The van der Waals surface area contributed by atoms with Crippen LogP contribution in [0.2, 0.25) is 0 Å². The lowest BCUT2D eigenvalue weighted by molar-refractivity contribution is -0.941. The van der Waals surface area contributed by atoms with Crippen molar-refractivity contribution >= 4 is 11.9 Å². The van der Waals surface area contributed by atoms with Gasteiger partial charge in [0.15, 0.2) is 46.0 Å². The van der Waals surface area contributed by atoms with Crippen LogP contribution >= 0.6 is 0 Å². The summed E-state index contributed by atoms with van der Waals surface area (Å²) < 4.78 is 83.9. The number of rotatable bonds is 23. The van der Waals surface area contributed by atoms with Gasteiger partial charge < -0.3 is 90.6 Å². The molecule has 0 aromatic heterocycles. The van der Waals surface area contributed by atoms with Crippen molar-refractivity contribution in [2.24, 2.45) is 0 Å². The topological polar surface area (TPSA) is 145 Å². The zero-order valence-corrected chi connectivity index (χ0v) is 44.9. The van der Waals surface area contributed by atoms with Gasteiger partial charge in [0.05, 0.1) is 131 Å². The van der Waals surface area contributed by atoms with E-state index in [0.717, 1.165) is 59.3 Å². The van der Waals surface area contributed by atoms with Crippen LogP contribution in [-0.4, -0.2) is 145 Å². The van der Waals surface area contributed by atoms with Crippen LogP contribution in [0.4, 0.5) is 4.39 Å². The van der Waals surface area contributed by atoms with E-state index in [2.05, 4.69) is 14.1 Å². The number of hydrogen-bond donors (Lipinski definition) is 0. The lowest BCUT2D eigenvalue weighted by atomic mass is 9.85. The summed E-state index contributed by atoms with van der Waals surface area (Å²) in [6, 6.07) is 15.6. The summed E-state index contributed by atoms with van der Waals surface area (Å²) in [6.07, 6.45) is 3.51. The van der Waals surface area contributed by atoms with E-state index in [9.17, 15) is 9.59 Å². The van der Waals surface area contributed by atoms with Crippen LogP contribution in [0.25, 0.3) is 0 Å². The van der Waals surface area contributed by atoms with E-state index >= 15 is 4.39 Å². The average Bonchev–Trinajstić information content (AvgIpc) is 3.37. The van der Waals surface area contributed by atoms with Crippen molar-refractivity contribution in [3.63, 3.8) is 0 Å². The molecule has 16 nitrogen and oxygen atoms in total. The Kier molecular flexibility index (Phi) is 21.2. The molecule has 0 fully saturated rings. The number of halogens is 3. The predicted octanol–water partition coefficient (Wildman–Crippen LogP) is 1.58. The molecule has 19 heteroatoms. The molecule has 0 spiro atoms. The number of nitrogens with zero attached hydrogens (tertiary/aromatic N) is 2. The van der Waals surface area contributed by atoms with Gasteiger partial charge in [0.1, 0.15) is 12.1 Å². The molecule has 4 atom stereocenters. The van der Waals surface area contributed by atoms with Crippen molar-refractivity contribution in [2.75, 3.05) is 125 Å². The Labute approximate surface area is 435 Å². The third-order valence-corrected chi connectivity index (χ3v) is 13.8. The van der Waals surface area contributed by atoms with Crippen molar-refractivity contribution in [1.82, 2.24) is 0 Å². The van der Waals surface area contributed by atoms with E-state index in [-0.39, 0.29) is 50.1 Å². The number of methoxy groups -OCH3 is 10. The molecule has 0 bridgehead atoms. The average molecular weight is 1050 g/mol. The molecule has 0 saturated carbocycles. The molecule has 4 aromatic rings. The first-order chi connectivity index (χ1) is 33.7. The Morgan fingerprint density at radius 1 is 0.542 bits per heavy atom. The first-order valence-electron chi connectivity index (χ1n) is 23.2. The van der Waals surface area contributed by atoms with E-state index < -0.39 is 17.8 Å². The maximum atomic E-state index is 15.2. The molecule has 2 aliphatic heterocycles. The third-order valence-electron chi connectivity index (χ3n) is 13.8. The number of hydrogen-bond acceptors (Lipinski definition) is 14. The second-order valence-corrected chi connectivity index (χ2v) is 17.8. The molecule has 0 radical (unpaired) electrons. The summed E-state index contributed by atoms with van der Waals surface area (Å²) in [7, 11) is 20.2. The first kappa shape index (κ1) is 58.6. The van der Waals surface area contributed by atoms with Crippen LogP contribution < -0.4 is 72.2 Å². The summed E-state index contributed by atoms with van der Waals surface area (Å²) in [6.45, 7) is 2.60. The second kappa shape index (κ2) is 26.1. The van der Waals surface area contributed by atoms with Gasteiger partial charge in [-0.05, 0) is 65.2 Å². The third kappa shape index (κ3) is 12.6. The fraction of sp³-hybridized carbons (Fsp3) is 0.472. The highest BCUT2D eigenvalue weighted by Crippen LogP contribution is 2.49. The number of quaternary nitrogens is 2. The van der Waals surface area contributed by atoms with Crippen LogP contribution in [0, 0.1) is 0 Å². The van der Waals surface area contributed by atoms with Crippen LogP contribution in [-0.2, 0) is 38.3 Å². The van der Waals surface area contributed by atoms with Gasteiger partial charge in [0, 0.05) is 48.8 Å². The molecule has 0 N–H and O–H groups in total. The van der Waals surface area contributed by atoms with Crippen LogP contribution in [0.1, 0.15) is 58.3 Å². The smallest absolute Gasteiger partial charge is 0.367 e. The molecule has 0 amide bonds. The van der Waals surface area contributed by atoms with Gasteiger partial charge in [0.2, 0.25) is 17.3 Å². The number of benzene rings is 4. The Morgan fingerprint density at radius 3 is 1.44 bits per heavy atom. The monoisotopic (exact) mass is 1050 g/mol. The Morgan fingerprint density at radius 2 is 0.958 bits per heavy atom. The highest BCUT2D eigenvalue weighted by Gasteiger charge is 2.43. The van der Waals surface area contributed by atoms with Crippen molar-refractivity contribution < 1.29 is 105 Å². The molecule has 0 aliphatic carbocycles. The highest BCUT2D eigenvalue weighted by atomic mass is 35.5. The Balaban J connectivity index is 0.00000562. The molecule has 0 saturated heterocycles. The van der Waals surface area contributed by atoms with Crippen molar-refractivity contribution in [3.05, 3.63) is 93.8 Å². The number of fused-ring (bicyclic) bond motifs is 2. The SMILES string of the molecule is COc1cc2c(cc1OC)[C@H](c1cc(OC)c(OC)c(OC)c1)[N@@+](C)(CCCOC(=O)/C=C(\F)C(=O)OCCC[N@@+]1(C)CCc3cc(OC)c(OC)cc3[C@@H]1Cc1cc(OC)c(OC)c(OC)c1)CC2.[Cl-].[Cl-]. The molecular weight excluding hydrogens is 978 g/mol. The number of carbonyl (C=O) groups is 2. The highest BCUT2D eigenvalue weighted by molar-refractivity contribution is 5.94. The normalized spacial score (nSPS) is 18.9. The van der Waals surface area contributed by atoms with E-state index in [1.54, 1.807) is 71.1 Å². The van der Waals surface area contributed by atoms with Gasteiger partial charge >= 0.3 is 11.9 Å². The maximum absolute atomic E-state index is 15.2. The molecule has 72 heavy (non-hydrogen) atoms. The second-order valence-electron chi connectivity index (χ2n) is 17.8. The molecule has 6 rings (SSSR count). The van der Waals surface area contributed by atoms with Gasteiger partial charge in [-0.15, -0.1) is 0 Å². The number of likely N-dealkylation sites (N-methyl/N-ethyl adjacent to an activating group) is 2. The lowest BCUT2D eigenvalue weighted by Gasteiger charge is -2.46. The lowest BCUT2D eigenvalue weighted by Crippen LogP contribution is -3.00. The molecular formula is C53H69Cl2FN2O14. The van der Waals surface area contributed by atoms with E-state index in [1.165, 1.54) is 0 Å². The summed E-state index contributed by atoms with van der Waals surface area (Å²) in [5.74, 6) is 2.05. The summed E-state index contributed by atoms with van der Waals surface area (Å²) in [4.78, 5) is 25.7. The van der Waals surface area contributed by atoms with Gasteiger partial charge in [0.25, 0.3) is 0 Å². The molecule has 0 unspecified atom stereocenters. The largest absolute Gasteiger partial charge is 1.00 e. The van der Waals surface area contributed by atoms with Crippen molar-refractivity contribution in [1.29, 1.82) is 0 Å². The van der Waals surface area contributed by atoms with Crippen molar-refractivity contribution in [3.8, 4) is 57.5 Å². The molecule has 2 heterocycles. The fourth-order valence-electron chi connectivity index (χ4n) is 10.2. The Hall–Kier alpha value is -6.01. The molecule has 4 aromatic carbocycles. The summed E-state index contributed by atoms with van der Waals surface area (Å²) >= 11 is 0. The van der Waals surface area contributed by atoms with Crippen LogP contribution in [0.15, 0.2) is 60.4 Å². The molecule has 2 aliphatic rings. The van der Waals surface area contributed by atoms with E-state index in [4.69, 9.17) is 56.8 Å². The quantitative estimate of drug-likeness (QED) is 0.0459. The van der Waals surface area contributed by atoms with Gasteiger partial charge in [-0.25, -0.2) is 9.59 Å². The van der Waals surface area contributed by atoms with Crippen molar-refractivity contribution in [2.45, 2.75) is 44.2 Å². The predicted molar refractivity (Wildman–Crippen MR) is 259 cm³/mol. The number of carbonyl (C=O) groups excluding carboxylic acids is 2. The van der Waals surface area contributed by atoms with E-state index in [1.807, 2.05) is 48.5 Å². The van der Waals surface area contributed by atoms with Crippen LogP contribution in [0.5, 0.6) is 57.5 Å².